The lowest BCUT2D eigenvalue weighted by molar-refractivity contribution is -0.161. The molecule has 0 aliphatic heterocycles. The lowest BCUT2D eigenvalue weighted by Gasteiger charge is -2.21. The van der Waals surface area contributed by atoms with Crippen LogP contribution in [0.2, 0.25) is 0 Å². The van der Waals surface area contributed by atoms with Gasteiger partial charge in [0.15, 0.2) is 12.2 Å². The molecule has 0 aliphatic rings. The summed E-state index contributed by atoms with van der Waals surface area (Å²) in [5.41, 5.74) is 0. The first-order valence-corrected chi connectivity index (χ1v) is 44.3. The number of rotatable bonds is 77. The van der Waals surface area contributed by atoms with E-state index in [0.717, 1.165) is 114 Å². The average Bonchev–Trinajstić information content (AvgIpc) is 0.985. The molecule has 0 radical (unpaired) electrons. The summed E-state index contributed by atoms with van der Waals surface area (Å²) in [4.78, 5) is 72.9. The Morgan fingerprint density at radius 2 is 0.485 bits per heavy atom. The van der Waals surface area contributed by atoms with Gasteiger partial charge in [-0.2, -0.15) is 0 Å². The van der Waals surface area contributed by atoms with Gasteiger partial charge in [0, 0.05) is 25.7 Å². The summed E-state index contributed by atoms with van der Waals surface area (Å²) < 4.78 is 68.6. The molecule has 7 atom stereocenters. The second-order valence-corrected chi connectivity index (χ2v) is 33.1. The Hall–Kier alpha value is -1.94. The van der Waals surface area contributed by atoms with Crippen molar-refractivity contribution in [2.24, 2.45) is 23.7 Å². The van der Waals surface area contributed by atoms with E-state index in [1.807, 2.05) is 0 Å². The van der Waals surface area contributed by atoms with Crippen molar-refractivity contribution in [3.05, 3.63) is 0 Å². The van der Waals surface area contributed by atoms with Crippen molar-refractivity contribution in [2.45, 2.75) is 427 Å². The lowest BCUT2D eigenvalue weighted by Crippen LogP contribution is -2.30. The Morgan fingerprint density at radius 1 is 0.283 bits per heavy atom. The number of esters is 4. The third-order valence-electron chi connectivity index (χ3n) is 19.3. The van der Waals surface area contributed by atoms with Crippen molar-refractivity contribution in [1.29, 1.82) is 0 Å². The molecule has 0 aliphatic carbocycles. The van der Waals surface area contributed by atoms with Gasteiger partial charge in [0.05, 0.1) is 26.4 Å². The fraction of sp³-hybridized carbons (Fsp3) is 0.950. The van der Waals surface area contributed by atoms with E-state index < -0.39 is 97.5 Å². The Labute approximate surface area is 607 Å². The second-order valence-electron chi connectivity index (χ2n) is 30.2. The molecule has 0 fully saturated rings. The highest BCUT2D eigenvalue weighted by Crippen LogP contribution is 2.45. The van der Waals surface area contributed by atoms with Crippen LogP contribution in [0.1, 0.15) is 409 Å². The van der Waals surface area contributed by atoms with Gasteiger partial charge in [-0.3, -0.25) is 37.3 Å². The smallest absolute Gasteiger partial charge is 0.462 e. The van der Waals surface area contributed by atoms with Gasteiger partial charge < -0.3 is 33.8 Å². The van der Waals surface area contributed by atoms with Gasteiger partial charge in [0.2, 0.25) is 0 Å². The first-order chi connectivity index (χ1) is 47.7. The van der Waals surface area contributed by atoms with Gasteiger partial charge in [0.25, 0.3) is 0 Å². The number of phosphoric ester groups is 2. The Bertz CT molecular complexity index is 1940. The predicted molar refractivity (Wildman–Crippen MR) is 404 cm³/mol. The zero-order valence-electron chi connectivity index (χ0n) is 65.1. The minimum absolute atomic E-state index is 0.106. The maximum atomic E-state index is 13.1. The van der Waals surface area contributed by atoms with Crippen molar-refractivity contribution in [2.75, 3.05) is 39.6 Å². The Morgan fingerprint density at radius 3 is 0.717 bits per heavy atom. The van der Waals surface area contributed by atoms with Gasteiger partial charge in [-0.25, -0.2) is 9.13 Å². The zero-order chi connectivity index (χ0) is 73.1. The van der Waals surface area contributed by atoms with Crippen LogP contribution in [0.15, 0.2) is 0 Å². The van der Waals surface area contributed by atoms with E-state index >= 15 is 0 Å². The molecule has 0 aromatic rings. The van der Waals surface area contributed by atoms with E-state index in [1.165, 1.54) is 205 Å². The largest absolute Gasteiger partial charge is 0.472 e. The fourth-order valence-corrected chi connectivity index (χ4v) is 13.8. The summed E-state index contributed by atoms with van der Waals surface area (Å²) in [5, 5.41) is 10.6. The van der Waals surface area contributed by atoms with E-state index in [-0.39, 0.29) is 25.7 Å². The summed E-state index contributed by atoms with van der Waals surface area (Å²) in [7, 11) is -9.92. The number of phosphoric acid groups is 2. The standard InChI is InChI=1S/C80H156O17P2/c1-9-72(7)58-50-42-33-27-21-17-15-13-11-12-14-16-18-22-30-36-46-54-62-79(84)97-76(67-91-78(83)61-53-45-39-38-41-49-57-71(5)6)69-95-99(88,89)93-65-74(81)64-92-98(86,87)94-68-75(96-80(85)63-55-47-37-31-25-24-28-34-43-51-59-73(8)10-2)66-90-77(82)60-52-44-35-29-23-19-20-26-32-40-48-56-70(3)4/h70-76,81H,9-69H2,1-8H3,(H,86,87)(H,88,89)/t72?,73?,74-,75-,76-/m1/s1. The minimum atomic E-state index is -4.96. The molecule has 4 unspecified atom stereocenters. The van der Waals surface area contributed by atoms with Gasteiger partial charge in [-0.1, -0.05) is 357 Å². The normalized spacial score (nSPS) is 14.6. The van der Waals surface area contributed by atoms with Crippen molar-refractivity contribution < 1.29 is 80.2 Å². The fourth-order valence-electron chi connectivity index (χ4n) is 12.2. The third kappa shape index (κ3) is 71.5. The molecule has 0 spiro atoms. The SMILES string of the molecule is CCC(C)CCCCCCCCCCCCCCCCCCCCC(=O)O[C@H](COC(=O)CCCCCCCCC(C)C)COP(=O)(O)OC[C@H](O)COP(=O)(O)OC[C@@H](COC(=O)CCCCCCCCCCCCCC(C)C)OC(=O)CCCCCCCCCCCCC(C)CC. The molecule has 0 heterocycles. The Balaban J connectivity index is 5.18. The summed E-state index contributed by atoms with van der Waals surface area (Å²) in [5.74, 6) is 1.01. The van der Waals surface area contributed by atoms with Crippen molar-refractivity contribution in [3.63, 3.8) is 0 Å². The molecule has 0 rings (SSSR count). The first-order valence-electron chi connectivity index (χ1n) is 41.3. The van der Waals surface area contributed by atoms with Crippen LogP contribution in [0.5, 0.6) is 0 Å². The number of unbranched alkanes of at least 4 members (excludes halogenated alkanes) is 41. The number of carbonyl (C=O) groups is 4. The zero-order valence-corrected chi connectivity index (χ0v) is 66.9. The maximum Gasteiger partial charge on any atom is 0.472 e. The highest BCUT2D eigenvalue weighted by atomic mass is 31.2. The van der Waals surface area contributed by atoms with E-state index in [9.17, 15) is 43.2 Å². The molecule has 0 saturated carbocycles. The molecule has 17 nitrogen and oxygen atoms in total. The average molecular weight is 1450 g/mol. The molecular weight excluding hydrogens is 1290 g/mol. The summed E-state index contributed by atoms with van der Waals surface area (Å²) in [6.45, 7) is 14.2. The number of carbonyl (C=O) groups excluding carboxylic acids is 4. The highest BCUT2D eigenvalue weighted by molar-refractivity contribution is 7.47. The van der Waals surface area contributed by atoms with Crippen molar-refractivity contribution >= 4 is 39.5 Å². The molecule has 19 heteroatoms. The van der Waals surface area contributed by atoms with E-state index in [1.54, 1.807) is 0 Å². The van der Waals surface area contributed by atoms with Crippen molar-refractivity contribution in [3.8, 4) is 0 Å². The quantitative estimate of drug-likeness (QED) is 0.0222. The first kappa shape index (κ1) is 97.1. The molecule has 0 amide bonds. The van der Waals surface area contributed by atoms with Gasteiger partial charge in [-0.15, -0.1) is 0 Å². The lowest BCUT2D eigenvalue weighted by atomic mass is 9.99. The van der Waals surface area contributed by atoms with Crippen LogP contribution in [-0.2, 0) is 65.4 Å². The number of hydrogen-bond donors (Lipinski definition) is 3. The number of aliphatic hydroxyl groups is 1. The Kier molecular flexibility index (Phi) is 67.8. The van der Waals surface area contributed by atoms with E-state index in [0.29, 0.717) is 31.6 Å². The number of hydrogen-bond acceptors (Lipinski definition) is 15. The van der Waals surface area contributed by atoms with E-state index in [2.05, 4.69) is 55.4 Å². The van der Waals surface area contributed by atoms with Crippen LogP contribution in [0, 0.1) is 23.7 Å². The molecule has 0 saturated heterocycles. The number of aliphatic hydroxyl groups excluding tert-OH is 1. The molecule has 0 aromatic heterocycles. The molecular formula is C80H156O17P2. The van der Waals surface area contributed by atoms with E-state index in [4.69, 9.17) is 37.0 Å². The van der Waals surface area contributed by atoms with Gasteiger partial charge in [0.1, 0.15) is 19.3 Å². The van der Waals surface area contributed by atoms with Gasteiger partial charge in [-0.05, 0) is 49.4 Å². The molecule has 0 bridgehead atoms. The predicted octanol–water partition coefficient (Wildman–Crippen LogP) is 23.6. The minimum Gasteiger partial charge on any atom is -0.462 e. The van der Waals surface area contributed by atoms with Crippen LogP contribution in [0.4, 0.5) is 0 Å². The monoisotopic (exact) mass is 1450 g/mol. The van der Waals surface area contributed by atoms with Crippen LogP contribution in [0.25, 0.3) is 0 Å². The molecule has 0 aromatic carbocycles. The summed E-state index contributed by atoms with van der Waals surface area (Å²) >= 11 is 0. The van der Waals surface area contributed by atoms with Crippen LogP contribution < -0.4 is 0 Å². The molecule has 99 heavy (non-hydrogen) atoms. The van der Waals surface area contributed by atoms with Crippen LogP contribution in [0.3, 0.4) is 0 Å². The maximum absolute atomic E-state index is 13.1. The van der Waals surface area contributed by atoms with Gasteiger partial charge >= 0.3 is 39.5 Å². The second kappa shape index (κ2) is 69.1. The number of ether oxygens (including phenoxy) is 4. The topological polar surface area (TPSA) is 237 Å². The molecule has 588 valence electrons. The molecule has 3 N–H and O–H groups in total. The van der Waals surface area contributed by atoms with Crippen LogP contribution in [-0.4, -0.2) is 96.7 Å². The highest BCUT2D eigenvalue weighted by Gasteiger charge is 2.30. The van der Waals surface area contributed by atoms with Crippen LogP contribution >= 0.6 is 15.6 Å². The van der Waals surface area contributed by atoms with Crippen molar-refractivity contribution in [1.82, 2.24) is 0 Å². The summed E-state index contributed by atoms with van der Waals surface area (Å²) in [6.07, 6.45) is 55.6. The third-order valence-corrected chi connectivity index (χ3v) is 21.2. The summed E-state index contributed by atoms with van der Waals surface area (Å²) in [6, 6.07) is 0.